The molecule has 4 heteroatoms. The Kier molecular flexibility index (Phi) is 2.63. The Hall–Kier alpha value is -1.58. The zero-order chi connectivity index (χ0) is 8.97. The highest BCUT2D eigenvalue weighted by Crippen LogP contribution is 2.23. The van der Waals surface area contributed by atoms with Crippen LogP contribution in [0.15, 0.2) is 12.3 Å². The van der Waals surface area contributed by atoms with Gasteiger partial charge in [0, 0.05) is 11.8 Å². The topological polar surface area (TPSA) is 48.4 Å². The maximum absolute atomic E-state index is 10.3. The van der Waals surface area contributed by atoms with Crippen LogP contribution in [0.3, 0.4) is 0 Å². The Balaban J connectivity index is 3.10. The van der Waals surface area contributed by atoms with Crippen LogP contribution in [0.5, 0.6) is 11.6 Å². The summed E-state index contributed by atoms with van der Waals surface area (Å²) in [5, 5.41) is 0. The van der Waals surface area contributed by atoms with Gasteiger partial charge in [-0.3, -0.25) is 4.79 Å². The predicted molar refractivity (Wildman–Crippen MR) is 42.7 cm³/mol. The Morgan fingerprint density at radius 3 is 2.67 bits per heavy atom. The second kappa shape index (κ2) is 3.71. The van der Waals surface area contributed by atoms with Gasteiger partial charge >= 0.3 is 0 Å². The van der Waals surface area contributed by atoms with Gasteiger partial charge in [0.25, 0.3) is 5.88 Å². The lowest BCUT2D eigenvalue weighted by Crippen LogP contribution is -1.94. The van der Waals surface area contributed by atoms with Crippen LogP contribution in [0.1, 0.15) is 10.4 Å². The van der Waals surface area contributed by atoms with E-state index in [4.69, 9.17) is 9.47 Å². The van der Waals surface area contributed by atoms with Crippen molar-refractivity contribution in [2.75, 3.05) is 14.2 Å². The molecule has 0 unspecified atom stereocenters. The first-order valence-electron chi connectivity index (χ1n) is 3.35. The van der Waals surface area contributed by atoms with Crippen LogP contribution in [-0.2, 0) is 0 Å². The van der Waals surface area contributed by atoms with Gasteiger partial charge in [0.15, 0.2) is 12.0 Å². The van der Waals surface area contributed by atoms with E-state index in [-0.39, 0.29) is 0 Å². The Bertz CT molecular complexity index is 286. The fourth-order valence-electron chi connectivity index (χ4n) is 0.811. The standard InChI is InChI=1S/C8H9NO3/c1-11-7-3-6(5-10)4-9-8(7)12-2/h3-5H,1-2H3. The molecule has 0 aliphatic heterocycles. The van der Waals surface area contributed by atoms with Crippen molar-refractivity contribution in [2.24, 2.45) is 0 Å². The van der Waals surface area contributed by atoms with E-state index in [1.807, 2.05) is 0 Å². The molecule has 0 aliphatic rings. The monoisotopic (exact) mass is 167 g/mol. The van der Waals surface area contributed by atoms with Gasteiger partial charge < -0.3 is 9.47 Å². The first kappa shape index (κ1) is 8.52. The number of aldehydes is 1. The summed E-state index contributed by atoms with van der Waals surface area (Å²) in [6.07, 6.45) is 2.13. The van der Waals surface area contributed by atoms with Gasteiger partial charge in [-0.25, -0.2) is 4.98 Å². The third-order valence-corrected chi connectivity index (χ3v) is 1.39. The molecular weight excluding hydrogens is 158 g/mol. The van der Waals surface area contributed by atoms with Gasteiger partial charge in [-0.1, -0.05) is 0 Å². The normalized spacial score (nSPS) is 9.17. The number of hydrogen-bond donors (Lipinski definition) is 0. The average Bonchev–Trinajstić information content (AvgIpc) is 2.16. The van der Waals surface area contributed by atoms with Crippen molar-refractivity contribution in [3.63, 3.8) is 0 Å². The first-order chi connectivity index (χ1) is 5.81. The third kappa shape index (κ3) is 1.53. The van der Waals surface area contributed by atoms with Gasteiger partial charge in [0.05, 0.1) is 14.2 Å². The minimum Gasteiger partial charge on any atom is -0.491 e. The maximum atomic E-state index is 10.3. The number of nitrogens with zero attached hydrogens (tertiary/aromatic N) is 1. The van der Waals surface area contributed by atoms with E-state index in [0.29, 0.717) is 23.5 Å². The van der Waals surface area contributed by atoms with Crippen molar-refractivity contribution in [3.8, 4) is 11.6 Å². The second-order valence-corrected chi connectivity index (χ2v) is 2.10. The zero-order valence-electron chi connectivity index (χ0n) is 6.90. The lowest BCUT2D eigenvalue weighted by molar-refractivity contribution is 0.112. The molecule has 1 heterocycles. The summed E-state index contributed by atoms with van der Waals surface area (Å²) in [5.74, 6) is 0.838. The molecule has 0 atom stereocenters. The molecule has 0 radical (unpaired) electrons. The Morgan fingerprint density at radius 2 is 2.17 bits per heavy atom. The first-order valence-corrected chi connectivity index (χ1v) is 3.35. The Labute approximate surface area is 70.1 Å². The highest BCUT2D eigenvalue weighted by Gasteiger charge is 2.04. The number of ether oxygens (including phenoxy) is 2. The van der Waals surface area contributed by atoms with E-state index in [2.05, 4.69) is 4.98 Å². The molecule has 0 bridgehead atoms. The van der Waals surface area contributed by atoms with Gasteiger partial charge in [0.1, 0.15) is 0 Å². The molecule has 0 spiro atoms. The molecular formula is C8H9NO3. The zero-order valence-corrected chi connectivity index (χ0v) is 6.90. The molecule has 4 nitrogen and oxygen atoms in total. The van der Waals surface area contributed by atoms with E-state index in [0.717, 1.165) is 0 Å². The summed E-state index contributed by atoms with van der Waals surface area (Å²) in [6, 6.07) is 1.57. The van der Waals surface area contributed by atoms with E-state index in [9.17, 15) is 4.79 Å². The number of carbonyl (C=O) groups excluding carboxylic acids is 1. The van der Waals surface area contributed by atoms with Crippen molar-refractivity contribution >= 4 is 6.29 Å². The fraction of sp³-hybridized carbons (Fsp3) is 0.250. The van der Waals surface area contributed by atoms with Gasteiger partial charge in [-0.2, -0.15) is 0 Å². The van der Waals surface area contributed by atoms with Crippen molar-refractivity contribution in [1.29, 1.82) is 0 Å². The minimum absolute atomic E-state index is 0.378. The molecule has 12 heavy (non-hydrogen) atoms. The molecule has 1 rings (SSSR count). The van der Waals surface area contributed by atoms with Crippen LogP contribution in [0.4, 0.5) is 0 Å². The maximum Gasteiger partial charge on any atom is 0.256 e. The lowest BCUT2D eigenvalue weighted by Gasteiger charge is -2.04. The highest BCUT2D eigenvalue weighted by atomic mass is 16.5. The molecule has 1 aromatic rings. The number of rotatable bonds is 3. The van der Waals surface area contributed by atoms with Crippen molar-refractivity contribution in [1.82, 2.24) is 4.98 Å². The molecule has 0 fully saturated rings. The van der Waals surface area contributed by atoms with Crippen LogP contribution in [-0.4, -0.2) is 25.5 Å². The summed E-state index contributed by atoms with van der Waals surface area (Å²) in [7, 11) is 2.99. The minimum atomic E-state index is 0.378. The second-order valence-electron chi connectivity index (χ2n) is 2.10. The molecule has 0 aromatic carbocycles. The number of carbonyl (C=O) groups is 1. The van der Waals surface area contributed by atoms with Gasteiger partial charge in [-0.15, -0.1) is 0 Å². The van der Waals surface area contributed by atoms with Crippen LogP contribution in [0.25, 0.3) is 0 Å². The van der Waals surface area contributed by atoms with Crippen molar-refractivity contribution < 1.29 is 14.3 Å². The predicted octanol–water partition coefficient (Wildman–Crippen LogP) is 0.911. The summed E-state index contributed by atoms with van der Waals surface area (Å²) in [5.41, 5.74) is 0.465. The van der Waals surface area contributed by atoms with Crippen molar-refractivity contribution in [3.05, 3.63) is 17.8 Å². The average molecular weight is 167 g/mol. The van der Waals surface area contributed by atoms with Crippen LogP contribution in [0.2, 0.25) is 0 Å². The van der Waals surface area contributed by atoms with Crippen LogP contribution < -0.4 is 9.47 Å². The summed E-state index contributed by atoms with van der Waals surface area (Å²) >= 11 is 0. The quantitative estimate of drug-likeness (QED) is 0.628. The smallest absolute Gasteiger partial charge is 0.256 e. The summed E-state index contributed by atoms with van der Waals surface area (Å²) < 4.78 is 9.82. The van der Waals surface area contributed by atoms with E-state index in [1.165, 1.54) is 20.4 Å². The molecule has 0 saturated heterocycles. The molecule has 0 N–H and O–H groups in total. The summed E-state index contributed by atoms with van der Waals surface area (Å²) in [6.45, 7) is 0. The largest absolute Gasteiger partial charge is 0.491 e. The summed E-state index contributed by atoms with van der Waals surface area (Å²) in [4.78, 5) is 14.2. The molecule has 0 aliphatic carbocycles. The SMILES string of the molecule is COc1cc(C=O)cnc1OC. The van der Waals surface area contributed by atoms with E-state index < -0.39 is 0 Å². The lowest BCUT2D eigenvalue weighted by atomic mass is 10.3. The molecule has 1 aromatic heterocycles. The number of hydrogen-bond acceptors (Lipinski definition) is 4. The molecule has 0 amide bonds. The van der Waals surface area contributed by atoms with Gasteiger partial charge in [0.2, 0.25) is 0 Å². The number of aromatic nitrogens is 1. The van der Waals surface area contributed by atoms with E-state index in [1.54, 1.807) is 6.07 Å². The van der Waals surface area contributed by atoms with E-state index >= 15 is 0 Å². The molecule has 64 valence electrons. The van der Waals surface area contributed by atoms with Gasteiger partial charge in [-0.05, 0) is 6.07 Å². The Morgan fingerprint density at radius 1 is 1.42 bits per heavy atom. The highest BCUT2D eigenvalue weighted by molar-refractivity contribution is 5.75. The van der Waals surface area contributed by atoms with Crippen LogP contribution in [0, 0.1) is 0 Å². The fourth-order valence-corrected chi connectivity index (χ4v) is 0.811. The molecule has 0 saturated carbocycles. The third-order valence-electron chi connectivity index (χ3n) is 1.39. The van der Waals surface area contributed by atoms with Crippen LogP contribution >= 0.6 is 0 Å². The van der Waals surface area contributed by atoms with Crippen molar-refractivity contribution in [2.45, 2.75) is 0 Å². The number of methoxy groups -OCH3 is 2. The number of pyridine rings is 1.